The van der Waals surface area contributed by atoms with Crippen LogP contribution in [0.1, 0.15) is 10.4 Å². The predicted molar refractivity (Wildman–Crippen MR) is 116 cm³/mol. The minimum absolute atomic E-state index is 0.0823. The highest BCUT2D eigenvalue weighted by molar-refractivity contribution is 7.92. The standard InChI is InChI=1S/C21H19ClN2O5S/c1-28-17-9-12-20(29-2)19(13-17)23-21(25)14-3-7-16(8-4-14)24-30(26,27)18-10-5-15(22)6-11-18/h3-13,24H,1-2H3,(H,23,25). The van der Waals surface area contributed by atoms with Crippen LogP contribution in [0.5, 0.6) is 11.5 Å². The lowest BCUT2D eigenvalue weighted by molar-refractivity contribution is 0.102. The monoisotopic (exact) mass is 446 g/mol. The fourth-order valence-corrected chi connectivity index (χ4v) is 3.81. The minimum Gasteiger partial charge on any atom is -0.497 e. The topological polar surface area (TPSA) is 93.7 Å². The lowest BCUT2D eigenvalue weighted by atomic mass is 10.2. The summed E-state index contributed by atoms with van der Waals surface area (Å²) in [5.74, 6) is 0.670. The number of ether oxygens (including phenoxy) is 2. The smallest absolute Gasteiger partial charge is 0.261 e. The Morgan fingerprint density at radius 3 is 2.17 bits per heavy atom. The molecule has 2 N–H and O–H groups in total. The summed E-state index contributed by atoms with van der Waals surface area (Å²) in [5, 5.41) is 3.20. The van der Waals surface area contributed by atoms with Crippen molar-refractivity contribution in [3.63, 3.8) is 0 Å². The van der Waals surface area contributed by atoms with Crippen LogP contribution in [0.15, 0.2) is 71.6 Å². The van der Waals surface area contributed by atoms with Gasteiger partial charge in [0.15, 0.2) is 0 Å². The minimum atomic E-state index is -3.77. The van der Waals surface area contributed by atoms with Crippen molar-refractivity contribution in [3.8, 4) is 11.5 Å². The first-order valence-corrected chi connectivity index (χ1v) is 10.6. The quantitative estimate of drug-likeness (QED) is 0.560. The zero-order valence-corrected chi connectivity index (χ0v) is 17.8. The second-order valence-electron chi connectivity index (χ2n) is 6.16. The molecule has 0 aliphatic rings. The Kier molecular flexibility index (Phi) is 6.49. The molecular weight excluding hydrogens is 428 g/mol. The molecule has 1 amide bonds. The zero-order valence-electron chi connectivity index (χ0n) is 16.2. The van der Waals surface area contributed by atoms with Crippen LogP contribution in [0.25, 0.3) is 0 Å². The number of carbonyl (C=O) groups is 1. The number of rotatable bonds is 7. The van der Waals surface area contributed by atoms with Crippen LogP contribution in [0.4, 0.5) is 11.4 Å². The highest BCUT2D eigenvalue weighted by Gasteiger charge is 2.15. The van der Waals surface area contributed by atoms with Gasteiger partial charge in [-0.25, -0.2) is 8.42 Å². The van der Waals surface area contributed by atoms with Crippen LogP contribution in [0.2, 0.25) is 5.02 Å². The third kappa shape index (κ3) is 5.03. The number of halogens is 1. The maximum Gasteiger partial charge on any atom is 0.261 e. The van der Waals surface area contributed by atoms with E-state index in [1.165, 1.54) is 62.8 Å². The molecule has 0 bridgehead atoms. The van der Waals surface area contributed by atoms with E-state index >= 15 is 0 Å². The van der Waals surface area contributed by atoms with Crippen molar-refractivity contribution in [2.45, 2.75) is 4.90 Å². The number of sulfonamides is 1. The molecular formula is C21H19ClN2O5S. The van der Waals surface area contributed by atoms with Crippen molar-refractivity contribution in [1.29, 1.82) is 0 Å². The number of carbonyl (C=O) groups excluding carboxylic acids is 1. The normalized spacial score (nSPS) is 10.9. The summed E-state index contributed by atoms with van der Waals surface area (Å²) < 4.78 is 37.8. The van der Waals surface area contributed by atoms with Gasteiger partial charge in [0.25, 0.3) is 15.9 Å². The molecule has 0 atom stereocenters. The van der Waals surface area contributed by atoms with E-state index in [0.29, 0.717) is 33.5 Å². The molecule has 0 aromatic heterocycles. The van der Waals surface area contributed by atoms with Gasteiger partial charge in [0.1, 0.15) is 11.5 Å². The van der Waals surface area contributed by atoms with Gasteiger partial charge < -0.3 is 14.8 Å². The van der Waals surface area contributed by atoms with E-state index in [4.69, 9.17) is 21.1 Å². The molecule has 0 fully saturated rings. The van der Waals surface area contributed by atoms with Crippen LogP contribution in [0.3, 0.4) is 0 Å². The van der Waals surface area contributed by atoms with E-state index in [0.717, 1.165) is 0 Å². The van der Waals surface area contributed by atoms with Crippen LogP contribution in [-0.2, 0) is 10.0 Å². The Labute approximate surface area is 179 Å². The highest BCUT2D eigenvalue weighted by atomic mass is 35.5. The molecule has 0 saturated heterocycles. The molecule has 3 aromatic carbocycles. The molecule has 7 nitrogen and oxygen atoms in total. The van der Waals surface area contributed by atoms with Crippen LogP contribution in [0, 0.1) is 0 Å². The number of anilines is 2. The van der Waals surface area contributed by atoms with Crippen molar-refractivity contribution in [3.05, 3.63) is 77.3 Å². The maximum absolute atomic E-state index is 12.6. The third-order valence-electron chi connectivity index (χ3n) is 4.18. The SMILES string of the molecule is COc1ccc(OC)c(NC(=O)c2ccc(NS(=O)(=O)c3ccc(Cl)cc3)cc2)c1. The molecule has 0 aliphatic heterocycles. The molecule has 30 heavy (non-hydrogen) atoms. The first-order chi connectivity index (χ1) is 14.3. The Morgan fingerprint density at radius 1 is 0.900 bits per heavy atom. The van der Waals surface area contributed by atoms with Crippen LogP contribution < -0.4 is 19.5 Å². The third-order valence-corrected chi connectivity index (χ3v) is 5.83. The summed E-state index contributed by atoms with van der Waals surface area (Å²) in [7, 11) is -0.744. The highest BCUT2D eigenvalue weighted by Crippen LogP contribution is 2.29. The van der Waals surface area contributed by atoms with Gasteiger partial charge in [-0.3, -0.25) is 9.52 Å². The molecule has 3 rings (SSSR count). The Balaban J connectivity index is 1.74. The molecule has 0 spiro atoms. The summed E-state index contributed by atoms with van der Waals surface area (Å²) >= 11 is 5.80. The largest absolute Gasteiger partial charge is 0.497 e. The van der Waals surface area contributed by atoms with E-state index in [2.05, 4.69) is 10.0 Å². The van der Waals surface area contributed by atoms with Crippen molar-refractivity contribution in [2.75, 3.05) is 24.3 Å². The lowest BCUT2D eigenvalue weighted by Gasteiger charge is -2.12. The van der Waals surface area contributed by atoms with E-state index in [1.807, 2.05) is 0 Å². The summed E-state index contributed by atoms with van der Waals surface area (Å²) in [4.78, 5) is 12.7. The van der Waals surface area contributed by atoms with Crippen molar-refractivity contribution >= 4 is 38.9 Å². The van der Waals surface area contributed by atoms with Gasteiger partial charge in [-0.1, -0.05) is 11.6 Å². The van der Waals surface area contributed by atoms with E-state index in [9.17, 15) is 13.2 Å². The molecule has 3 aromatic rings. The van der Waals surface area contributed by atoms with E-state index < -0.39 is 10.0 Å². The lowest BCUT2D eigenvalue weighted by Crippen LogP contribution is -2.14. The van der Waals surface area contributed by atoms with Crippen molar-refractivity contribution in [1.82, 2.24) is 0 Å². The number of nitrogens with one attached hydrogen (secondary N) is 2. The van der Waals surface area contributed by atoms with E-state index in [-0.39, 0.29) is 10.8 Å². The predicted octanol–water partition coefficient (Wildman–Crippen LogP) is 4.41. The molecule has 0 unspecified atom stereocenters. The molecule has 0 heterocycles. The van der Waals surface area contributed by atoms with Gasteiger partial charge >= 0.3 is 0 Å². The van der Waals surface area contributed by atoms with Crippen molar-refractivity contribution in [2.24, 2.45) is 0 Å². The van der Waals surface area contributed by atoms with Crippen molar-refractivity contribution < 1.29 is 22.7 Å². The second-order valence-corrected chi connectivity index (χ2v) is 8.28. The Morgan fingerprint density at radius 2 is 1.57 bits per heavy atom. The van der Waals surface area contributed by atoms with Gasteiger partial charge in [-0.2, -0.15) is 0 Å². The molecule has 0 saturated carbocycles. The molecule has 0 aliphatic carbocycles. The Hall–Kier alpha value is -3.23. The van der Waals surface area contributed by atoms with E-state index in [1.54, 1.807) is 18.2 Å². The summed E-state index contributed by atoms with van der Waals surface area (Å²) in [6.45, 7) is 0. The zero-order chi connectivity index (χ0) is 21.7. The Bertz CT molecular complexity index is 1150. The summed E-state index contributed by atoms with van der Waals surface area (Å²) in [6.07, 6.45) is 0. The van der Waals surface area contributed by atoms with Gasteiger partial charge in [-0.05, 0) is 60.7 Å². The molecule has 0 radical (unpaired) electrons. The second kappa shape index (κ2) is 9.06. The van der Waals surface area contributed by atoms with Gasteiger partial charge in [0.05, 0.1) is 24.8 Å². The fraction of sp³-hybridized carbons (Fsp3) is 0.0952. The maximum atomic E-state index is 12.6. The average molecular weight is 447 g/mol. The van der Waals surface area contributed by atoms with Crippen LogP contribution >= 0.6 is 11.6 Å². The number of hydrogen-bond donors (Lipinski definition) is 2. The van der Waals surface area contributed by atoms with Gasteiger partial charge in [0.2, 0.25) is 0 Å². The number of hydrogen-bond acceptors (Lipinski definition) is 5. The van der Waals surface area contributed by atoms with Gasteiger partial charge in [0, 0.05) is 22.3 Å². The number of methoxy groups -OCH3 is 2. The average Bonchev–Trinajstić information content (AvgIpc) is 2.74. The first kappa shape index (κ1) is 21.5. The summed E-state index contributed by atoms with van der Waals surface area (Å²) in [5.41, 5.74) is 1.11. The molecule has 9 heteroatoms. The van der Waals surface area contributed by atoms with Gasteiger partial charge in [-0.15, -0.1) is 0 Å². The molecule has 156 valence electrons. The van der Waals surface area contributed by atoms with Crippen LogP contribution in [-0.4, -0.2) is 28.5 Å². The summed E-state index contributed by atoms with van der Waals surface area (Å²) in [6, 6.07) is 16.9. The fourth-order valence-electron chi connectivity index (χ4n) is 2.62. The number of benzene rings is 3. The first-order valence-electron chi connectivity index (χ1n) is 8.74. The number of amides is 1.